The molecule has 2 aromatic heterocycles. The van der Waals surface area contributed by atoms with Crippen LogP contribution in [0.1, 0.15) is 16.1 Å². The number of pyridine rings is 1. The highest BCUT2D eigenvalue weighted by Crippen LogP contribution is 2.31. The summed E-state index contributed by atoms with van der Waals surface area (Å²) in [4.78, 5) is 19.8. The fourth-order valence-corrected chi connectivity index (χ4v) is 3.41. The van der Waals surface area contributed by atoms with Crippen LogP contribution < -0.4 is 15.0 Å². The Morgan fingerprint density at radius 1 is 1.00 bits per heavy atom. The molecule has 162 valence electrons. The number of nitrogens with one attached hydrogen (secondary N) is 1. The molecule has 0 unspecified atom stereocenters. The first-order valence-electron chi connectivity index (χ1n) is 10.1. The fourth-order valence-electron chi connectivity index (χ4n) is 3.41. The third-order valence-electron chi connectivity index (χ3n) is 5.10. The van der Waals surface area contributed by atoms with E-state index in [9.17, 15) is 4.79 Å². The van der Waals surface area contributed by atoms with Crippen LogP contribution >= 0.6 is 0 Å². The summed E-state index contributed by atoms with van der Waals surface area (Å²) in [5.41, 5.74) is 4.89. The number of aryl methyl sites for hydroxylation is 1. The van der Waals surface area contributed by atoms with Crippen LogP contribution in [0.25, 0.3) is 22.5 Å². The average molecular weight is 428 g/mol. The van der Waals surface area contributed by atoms with E-state index in [4.69, 9.17) is 9.26 Å². The summed E-state index contributed by atoms with van der Waals surface area (Å²) in [6.07, 6.45) is 0. The van der Waals surface area contributed by atoms with Crippen molar-refractivity contribution in [1.29, 1.82) is 0 Å². The molecule has 0 bridgehead atoms. The van der Waals surface area contributed by atoms with E-state index >= 15 is 0 Å². The number of nitrogens with zero attached hydrogens (tertiary/aromatic N) is 3. The lowest BCUT2D eigenvalue weighted by atomic mass is 10.1. The molecule has 2 heterocycles. The molecule has 0 aliphatic carbocycles. The monoisotopic (exact) mass is 428 g/mol. The third-order valence-corrected chi connectivity index (χ3v) is 5.10. The average Bonchev–Trinajstić information content (AvgIpc) is 3.21. The van der Waals surface area contributed by atoms with Crippen molar-refractivity contribution < 1.29 is 14.1 Å². The van der Waals surface area contributed by atoms with Gasteiger partial charge in [-0.05, 0) is 31.2 Å². The molecule has 7 heteroatoms. The maximum Gasteiger partial charge on any atom is 0.261 e. The highest BCUT2D eigenvalue weighted by Gasteiger charge is 2.23. The Balaban J connectivity index is 1.64. The first-order valence-corrected chi connectivity index (χ1v) is 10.1. The van der Waals surface area contributed by atoms with E-state index in [-0.39, 0.29) is 5.91 Å². The largest absolute Gasteiger partial charge is 0.479 e. The van der Waals surface area contributed by atoms with Gasteiger partial charge < -0.3 is 19.5 Å². The van der Waals surface area contributed by atoms with Crippen molar-refractivity contribution >= 4 is 17.3 Å². The molecule has 7 nitrogen and oxygen atoms in total. The molecule has 1 N–H and O–H groups in total. The van der Waals surface area contributed by atoms with Crippen molar-refractivity contribution in [1.82, 2.24) is 10.1 Å². The lowest BCUT2D eigenvalue weighted by Gasteiger charge is -2.14. The number of ether oxygens (including phenoxy) is 1. The molecule has 4 aromatic rings. The smallest absolute Gasteiger partial charge is 0.261 e. The van der Waals surface area contributed by atoms with Crippen molar-refractivity contribution in [2.75, 3.05) is 31.4 Å². The number of rotatable bonds is 6. The van der Waals surface area contributed by atoms with Gasteiger partial charge in [0.1, 0.15) is 22.7 Å². The molecular formula is C25H24N4O3. The van der Waals surface area contributed by atoms with Gasteiger partial charge in [0.2, 0.25) is 5.88 Å². The highest BCUT2D eigenvalue weighted by molar-refractivity contribution is 6.09. The first kappa shape index (κ1) is 21.1. The number of methoxy groups -OCH3 is 1. The zero-order valence-electron chi connectivity index (χ0n) is 18.4. The number of amides is 1. The number of hydrogen-bond acceptors (Lipinski definition) is 6. The summed E-state index contributed by atoms with van der Waals surface area (Å²) in [7, 11) is 5.50. The highest BCUT2D eigenvalue weighted by atomic mass is 16.5. The standard InChI is InChI=1S/C25H24N4O3/c1-16-22(23(28-32-16)17-9-6-5-7-10-17)24(30)26-21-14-13-20(27-25(21)31-4)18-11-8-12-19(15-18)29(2)3/h5-15H,1-4H3,(H,26,30). The summed E-state index contributed by atoms with van der Waals surface area (Å²) in [5, 5.41) is 6.97. The number of aromatic nitrogens is 2. The predicted octanol–water partition coefficient (Wildman–Crippen LogP) is 5.04. The van der Waals surface area contributed by atoms with Gasteiger partial charge in [0, 0.05) is 30.9 Å². The Hall–Kier alpha value is -4.13. The van der Waals surface area contributed by atoms with Gasteiger partial charge >= 0.3 is 0 Å². The second kappa shape index (κ2) is 8.93. The summed E-state index contributed by atoms with van der Waals surface area (Å²) in [5.74, 6) is 0.414. The van der Waals surface area contributed by atoms with Crippen molar-refractivity contribution in [3.63, 3.8) is 0 Å². The first-order chi connectivity index (χ1) is 15.5. The van der Waals surface area contributed by atoms with E-state index in [1.54, 1.807) is 13.0 Å². The second-order valence-electron chi connectivity index (χ2n) is 7.48. The van der Waals surface area contributed by atoms with Crippen molar-refractivity contribution in [2.45, 2.75) is 6.92 Å². The van der Waals surface area contributed by atoms with E-state index < -0.39 is 0 Å². The minimum Gasteiger partial charge on any atom is -0.479 e. The van der Waals surface area contributed by atoms with Gasteiger partial charge in [0.25, 0.3) is 5.91 Å². The van der Waals surface area contributed by atoms with Crippen LogP contribution in [0.5, 0.6) is 5.88 Å². The van der Waals surface area contributed by atoms with Gasteiger partial charge in [-0.1, -0.05) is 47.6 Å². The number of carbonyl (C=O) groups excluding carboxylic acids is 1. The Kier molecular flexibility index (Phi) is 5.89. The summed E-state index contributed by atoms with van der Waals surface area (Å²) >= 11 is 0. The molecule has 0 atom stereocenters. The fraction of sp³-hybridized carbons (Fsp3) is 0.160. The Morgan fingerprint density at radius 2 is 1.75 bits per heavy atom. The maximum absolute atomic E-state index is 13.1. The van der Waals surface area contributed by atoms with E-state index in [0.29, 0.717) is 28.6 Å². The molecule has 0 aliphatic heterocycles. The van der Waals surface area contributed by atoms with Crippen molar-refractivity contribution in [2.24, 2.45) is 0 Å². The van der Waals surface area contributed by atoms with Crippen LogP contribution in [0.4, 0.5) is 11.4 Å². The third kappa shape index (κ3) is 4.18. The van der Waals surface area contributed by atoms with Crippen LogP contribution in [0.2, 0.25) is 0 Å². The van der Waals surface area contributed by atoms with Gasteiger partial charge in [-0.25, -0.2) is 4.98 Å². The van der Waals surface area contributed by atoms with Gasteiger partial charge in [0.05, 0.1) is 12.8 Å². The van der Waals surface area contributed by atoms with Crippen molar-refractivity contribution in [3.8, 4) is 28.4 Å². The summed E-state index contributed by atoms with van der Waals surface area (Å²) in [6.45, 7) is 1.71. The minimum atomic E-state index is -0.343. The van der Waals surface area contributed by atoms with Crippen LogP contribution in [-0.4, -0.2) is 37.3 Å². The summed E-state index contributed by atoms with van der Waals surface area (Å²) in [6, 6.07) is 21.1. The summed E-state index contributed by atoms with van der Waals surface area (Å²) < 4.78 is 10.8. The van der Waals surface area contributed by atoms with Crippen LogP contribution in [0.3, 0.4) is 0 Å². The van der Waals surface area contributed by atoms with Crippen LogP contribution in [-0.2, 0) is 0 Å². The SMILES string of the molecule is COc1nc(-c2cccc(N(C)C)c2)ccc1NC(=O)c1c(-c2ccccc2)noc1C. The molecule has 0 radical (unpaired) electrons. The quantitative estimate of drug-likeness (QED) is 0.463. The molecule has 4 rings (SSSR count). The Labute approximate surface area is 186 Å². The van der Waals surface area contributed by atoms with Gasteiger partial charge in [-0.3, -0.25) is 4.79 Å². The lowest BCUT2D eigenvalue weighted by molar-refractivity contribution is 0.102. The maximum atomic E-state index is 13.1. The number of benzene rings is 2. The van der Waals surface area contributed by atoms with Crippen molar-refractivity contribution in [3.05, 3.63) is 78.1 Å². The lowest BCUT2D eigenvalue weighted by Crippen LogP contribution is -2.14. The second-order valence-corrected chi connectivity index (χ2v) is 7.48. The van der Waals surface area contributed by atoms with E-state index in [1.807, 2.05) is 79.7 Å². The number of anilines is 2. The number of hydrogen-bond donors (Lipinski definition) is 1. The zero-order chi connectivity index (χ0) is 22.7. The normalized spacial score (nSPS) is 10.6. The Morgan fingerprint density at radius 3 is 2.47 bits per heavy atom. The minimum absolute atomic E-state index is 0.321. The van der Waals surface area contributed by atoms with Crippen LogP contribution in [0.15, 0.2) is 71.3 Å². The number of carbonyl (C=O) groups is 1. The molecule has 0 spiro atoms. The van der Waals surface area contributed by atoms with Gasteiger partial charge in [0.15, 0.2) is 0 Å². The molecule has 1 amide bonds. The van der Waals surface area contributed by atoms with Gasteiger partial charge in [-0.15, -0.1) is 0 Å². The van der Waals surface area contributed by atoms with Gasteiger partial charge in [-0.2, -0.15) is 0 Å². The molecule has 32 heavy (non-hydrogen) atoms. The van der Waals surface area contributed by atoms with Crippen LogP contribution in [0, 0.1) is 6.92 Å². The molecule has 2 aromatic carbocycles. The molecule has 0 aliphatic rings. The topological polar surface area (TPSA) is 80.5 Å². The van der Waals surface area contributed by atoms with E-state index in [2.05, 4.69) is 15.5 Å². The molecule has 0 saturated heterocycles. The van der Waals surface area contributed by atoms with E-state index in [0.717, 1.165) is 22.5 Å². The molecule has 0 fully saturated rings. The Bertz CT molecular complexity index is 1250. The van der Waals surface area contributed by atoms with E-state index in [1.165, 1.54) is 7.11 Å². The predicted molar refractivity (Wildman–Crippen MR) is 125 cm³/mol. The zero-order valence-corrected chi connectivity index (χ0v) is 18.4. The molecular weight excluding hydrogens is 404 g/mol. The molecule has 0 saturated carbocycles.